The Bertz CT molecular complexity index is 1300. The van der Waals surface area contributed by atoms with Gasteiger partial charge in [-0.15, -0.1) is 10.2 Å². The number of hydrogen-bond acceptors (Lipinski definition) is 8. The van der Waals surface area contributed by atoms with Gasteiger partial charge < -0.3 is 14.4 Å². The molecule has 0 spiro atoms. The van der Waals surface area contributed by atoms with E-state index in [2.05, 4.69) is 14.6 Å². The Hall–Kier alpha value is -3.03. The average Bonchev–Trinajstić information content (AvgIpc) is 3.34. The molecule has 1 fully saturated rings. The number of aliphatic hydroxyl groups excluding tert-OH is 1. The number of aliphatic hydroxyl groups is 1. The van der Waals surface area contributed by atoms with Crippen LogP contribution in [0, 0.1) is 5.82 Å². The molecule has 1 atom stereocenters. The summed E-state index contributed by atoms with van der Waals surface area (Å²) in [6.45, 7) is 2.13. The fraction of sp³-hybridized carbons (Fsp3) is 0.391. The monoisotopic (exact) mass is 528 g/mol. The number of rotatable bonds is 7. The van der Waals surface area contributed by atoms with E-state index < -0.39 is 40.0 Å². The largest absolute Gasteiger partial charge is 0.470 e. The van der Waals surface area contributed by atoms with Gasteiger partial charge in [0.15, 0.2) is 16.2 Å². The lowest BCUT2D eigenvalue weighted by atomic mass is 10.1. The van der Waals surface area contributed by atoms with Crippen molar-refractivity contribution in [2.75, 3.05) is 29.5 Å². The zero-order chi connectivity index (χ0) is 26.1. The van der Waals surface area contributed by atoms with Crippen molar-refractivity contribution in [3.63, 3.8) is 0 Å². The maximum Gasteiger partial charge on any atom is 0.470 e. The molecule has 0 radical (unpaired) electrons. The summed E-state index contributed by atoms with van der Waals surface area (Å²) in [5.41, 5.74) is 1.77. The van der Waals surface area contributed by atoms with Gasteiger partial charge in [0.05, 0.1) is 11.5 Å². The minimum Gasteiger partial charge on any atom is -0.413 e. The van der Waals surface area contributed by atoms with Gasteiger partial charge in [0.25, 0.3) is 0 Å². The SMILES string of the molecule is CCc1ccc(N(Cc2ccc(-c3nnc(C(F)(F)F)o3)cc2F)C(O)N2CCS(=O)(=O)CC2)cc1. The molecule has 2 aromatic carbocycles. The molecule has 0 saturated carbocycles. The van der Waals surface area contributed by atoms with Crippen LogP contribution in [0.4, 0.5) is 23.2 Å². The van der Waals surface area contributed by atoms with Crippen LogP contribution >= 0.6 is 0 Å². The van der Waals surface area contributed by atoms with Crippen LogP contribution in [0.15, 0.2) is 46.9 Å². The molecule has 13 heteroatoms. The summed E-state index contributed by atoms with van der Waals surface area (Å²) in [4.78, 5) is 3.13. The van der Waals surface area contributed by atoms with Crippen LogP contribution in [-0.4, -0.2) is 59.6 Å². The lowest BCUT2D eigenvalue weighted by molar-refractivity contribution is -0.156. The first-order valence-electron chi connectivity index (χ1n) is 11.1. The zero-order valence-corrected chi connectivity index (χ0v) is 20.1. The maximum absolute atomic E-state index is 15.1. The Morgan fingerprint density at radius 2 is 1.78 bits per heavy atom. The Kier molecular flexibility index (Phi) is 7.34. The molecule has 0 amide bonds. The number of halogens is 4. The van der Waals surface area contributed by atoms with Crippen molar-refractivity contribution in [2.45, 2.75) is 32.4 Å². The molecule has 1 N–H and O–H groups in total. The van der Waals surface area contributed by atoms with E-state index in [1.165, 1.54) is 17.0 Å². The van der Waals surface area contributed by atoms with Gasteiger partial charge >= 0.3 is 12.1 Å². The highest BCUT2D eigenvalue weighted by Gasteiger charge is 2.38. The van der Waals surface area contributed by atoms with E-state index >= 15 is 4.39 Å². The number of hydrogen-bond donors (Lipinski definition) is 1. The van der Waals surface area contributed by atoms with Crippen molar-refractivity contribution in [1.29, 1.82) is 0 Å². The predicted molar refractivity (Wildman–Crippen MR) is 123 cm³/mol. The second kappa shape index (κ2) is 10.1. The van der Waals surface area contributed by atoms with Crippen molar-refractivity contribution < 1.29 is 35.5 Å². The number of alkyl halides is 3. The summed E-state index contributed by atoms with van der Waals surface area (Å²) >= 11 is 0. The fourth-order valence-corrected chi connectivity index (χ4v) is 5.06. The second-order valence-electron chi connectivity index (χ2n) is 8.40. The van der Waals surface area contributed by atoms with Crippen molar-refractivity contribution in [3.8, 4) is 11.5 Å². The van der Waals surface area contributed by atoms with Crippen LogP contribution in [0.1, 0.15) is 23.9 Å². The molecule has 1 aliphatic heterocycles. The number of benzene rings is 2. The smallest absolute Gasteiger partial charge is 0.413 e. The zero-order valence-electron chi connectivity index (χ0n) is 19.2. The first-order valence-corrected chi connectivity index (χ1v) is 13.0. The van der Waals surface area contributed by atoms with Crippen LogP contribution in [-0.2, 0) is 29.0 Å². The van der Waals surface area contributed by atoms with Crippen molar-refractivity contribution in [3.05, 3.63) is 65.3 Å². The number of nitrogens with zero attached hydrogens (tertiary/aromatic N) is 4. The molecule has 0 bridgehead atoms. The van der Waals surface area contributed by atoms with Gasteiger partial charge in [-0.25, -0.2) is 12.8 Å². The molecule has 4 rings (SSSR count). The molecule has 1 saturated heterocycles. The number of aryl methyl sites for hydroxylation is 1. The number of sulfone groups is 1. The third-order valence-electron chi connectivity index (χ3n) is 5.97. The van der Waals surface area contributed by atoms with Gasteiger partial charge in [-0.1, -0.05) is 25.1 Å². The lowest BCUT2D eigenvalue weighted by Gasteiger charge is -2.39. The summed E-state index contributed by atoms with van der Waals surface area (Å²) in [5.74, 6) is -2.95. The summed E-state index contributed by atoms with van der Waals surface area (Å²) in [6, 6.07) is 11.0. The molecule has 2 heterocycles. The Balaban J connectivity index is 1.61. The van der Waals surface area contributed by atoms with Crippen LogP contribution in [0.25, 0.3) is 11.5 Å². The van der Waals surface area contributed by atoms with E-state index in [9.17, 15) is 26.7 Å². The first-order chi connectivity index (χ1) is 17.0. The van der Waals surface area contributed by atoms with Crippen LogP contribution < -0.4 is 4.90 Å². The average molecular weight is 529 g/mol. The molecule has 1 aromatic heterocycles. The Morgan fingerprint density at radius 1 is 1.11 bits per heavy atom. The Labute approximate surface area is 205 Å². The van der Waals surface area contributed by atoms with Gasteiger partial charge in [0.1, 0.15) is 5.82 Å². The minimum absolute atomic E-state index is 0.0279. The van der Waals surface area contributed by atoms with E-state index in [1.807, 2.05) is 19.1 Å². The number of aromatic nitrogens is 2. The lowest BCUT2D eigenvalue weighted by Crippen LogP contribution is -2.53. The topological polar surface area (TPSA) is 99.8 Å². The first kappa shape index (κ1) is 26.0. The fourth-order valence-electron chi connectivity index (χ4n) is 3.83. The quantitative estimate of drug-likeness (QED) is 0.368. The van der Waals surface area contributed by atoms with Crippen molar-refractivity contribution >= 4 is 15.5 Å². The van der Waals surface area contributed by atoms with Crippen molar-refractivity contribution in [1.82, 2.24) is 15.1 Å². The van der Waals surface area contributed by atoms with E-state index in [1.54, 1.807) is 17.0 Å². The highest BCUT2D eigenvalue weighted by atomic mass is 32.2. The maximum atomic E-state index is 15.1. The molecule has 3 aromatic rings. The molecule has 1 aliphatic rings. The van der Waals surface area contributed by atoms with Crippen molar-refractivity contribution in [2.24, 2.45) is 0 Å². The van der Waals surface area contributed by atoms with Gasteiger partial charge in [0, 0.05) is 36.4 Å². The second-order valence-corrected chi connectivity index (χ2v) is 10.7. The highest BCUT2D eigenvalue weighted by Crippen LogP contribution is 2.31. The van der Waals surface area contributed by atoms with E-state index in [0.717, 1.165) is 18.1 Å². The molecular weight excluding hydrogens is 504 g/mol. The highest BCUT2D eigenvalue weighted by molar-refractivity contribution is 7.91. The molecular formula is C23H24F4N4O4S. The van der Waals surface area contributed by atoms with E-state index in [0.29, 0.717) is 5.69 Å². The standard InChI is InChI=1S/C23H24F4N4O4S/c1-2-15-3-7-18(8-4-15)31(22(32)30-9-11-36(33,34)12-10-30)14-17-6-5-16(13-19(17)24)20-28-29-21(35-20)23(25,26)27/h3-8,13,22,32H,2,9-12,14H2,1H3. The summed E-state index contributed by atoms with van der Waals surface area (Å²) in [5, 5.41) is 17.4. The molecule has 8 nitrogen and oxygen atoms in total. The minimum atomic E-state index is -4.82. The molecule has 194 valence electrons. The summed E-state index contributed by atoms with van der Waals surface area (Å²) < 4.78 is 81.6. The summed E-state index contributed by atoms with van der Waals surface area (Å²) in [6.07, 6.45) is -5.26. The van der Waals surface area contributed by atoms with Gasteiger partial charge in [-0.2, -0.15) is 13.2 Å². The van der Waals surface area contributed by atoms with E-state index in [-0.39, 0.29) is 42.3 Å². The third kappa shape index (κ3) is 5.85. The molecule has 0 aliphatic carbocycles. The van der Waals surface area contributed by atoms with Gasteiger partial charge in [-0.05, 0) is 36.2 Å². The molecule has 36 heavy (non-hydrogen) atoms. The summed E-state index contributed by atoms with van der Waals surface area (Å²) in [7, 11) is -3.17. The number of anilines is 1. The predicted octanol–water partition coefficient (Wildman–Crippen LogP) is 3.47. The van der Waals surface area contributed by atoms with Gasteiger partial charge in [-0.3, -0.25) is 4.90 Å². The van der Waals surface area contributed by atoms with E-state index in [4.69, 9.17) is 0 Å². The molecule has 1 unspecified atom stereocenters. The normalized spacial score (nSPS) is 17.2. The van der Waals surface area contributed by atoms with Crippen LogP contribution in [0.5, 0.6) is 0 Å². The Morgan fingerprint density at radius 3 is 2.33 bits per heavy atom. The van der Waals surface area contributed by atoms with Gasteiger partial charge in [0.2, 0.25) is 5.89 Å². The van der Waals surface area contributed by atoms with Crippen LogP contribution in [0.3, 0.4) is 0 Å². The third-order valence-corrected chi connectivity index (χ3v) is 7.58. The van der Waals surface area contributed by atoms with Crippen LogP contribution in [0.2, 0.25) is 0 Å².